The van der Waals surface area contributed by atoms with Crippen molar-refractivity contribution in [3.05, 3.63) is 0 Å². The van der Waals surface area contributed by atoms with Crippen molar-refractivity contribution in [2.75, 3.05) is 26.9 Å². The van der Waals surface area contributed by atoms with Gasteiger partial charge in [0.15, 0.2) is 8.32 Å². The van der Waals surface area contributed by atoms with Gasteiger partial charge in [-0.3, -0.25) is 0 Å². The van der Waals surface area contributed by atoms with E-state index in [0.717, 1.165) is 13.0 Å². The van der Waals surface area contributed by atoms with Crippen LogP contribution in [0, 0.1) is 0 Å². The normalized spacial score (nSPS) is 29.3. The zero-order valence-electron chi connectivity index (χ0n) is 8.84. The molecule has 1 rings (SSSR count). The third kappa shape index (κ3) is 4.22. The van der Waals surface area contributed by atoms with Gasteiger partial charge in [-0.15, -0.1) is 0 Å². The first-order valence-electron chi connectivity index (χ1n) is 4.88. The molecular weight excluding hydrogens is 184 g/mol. The summed E-state index contributed by atoms with van der Waals surface area (Å²) in [5.41, 5.74) is 0. The summed E-state index contributed by atoms with van der Waals surface area (Å²) in [7, 11) is 0.272. The number of hydrogen-bond acceptors (Lipinski definition) is 3. The first-order chi connectivity index (χ1) is 6.14. The summed E-state index contributed by atoms with van der Waals surface area (Å²) >= 11 is 0. The summed E-state index contributed by atoms with van der Waals surface area (Å²) in [6.45, 7) is 6.74. The molecule has 1 heterocycles. The van der Waals surface area contributed by atoms with E-state index in [1.165, 1.54) is 6.04 Å². The van der Waals surface area contributed by atoms with Crippen molar-refractivity contribution in [3.8, 4) is 0 Å². The topological polar surface area (TPSA) is 27.7 Å². The first-order valence-corrected chi connectivity index (χ1v) is 8.00. The van der Waals surface area contributed by atoms with Crippen molar-refractivity contribution in [1.29, 1.82) is 0 Å². The Hall–Kier alpha value is 0.0969. The second-order valence-electron chi connectivity index (χ2n) is 4.13. The minimum atomic E-state index is -1.43. The maximum Gasteiger partial charge on any atom is 0.187 e. The van der Waals surface area contributed by atoms with Crippen molar-refractivity contribution < 1.29 is 13.9 Å². The van der Waals surface area contributed by atoms with Crippen LogP contribution >= 0.6 is 0 Å². The lowest BCUT2D eigenvalue weighted by atomic mass is 10.4. The summed E-state index contributed by atoms with van der Waals surface area (Å²) in [5.74, 6) is 0. The molecule has 0 saturated carbocycles. The summed E-state index contributed by atoms with van der Waals surface area (Å²) in [5, 5.41) is 0. The van der Waals surface area contributed by atoms with Gasteiger partial charge >= 0.3 is 0 Å². The van der Waals surface area contributed by atoms with Crippen LogP contribution in [0.25, 0.3) is 0 Å². The van der Waals surface area contributed by atoms with Gasteiger partial charge in [0.2, 0.25) is 0 Å². The van der Waals surface area contributed by atoms with Crippen LogP contribution < -0.4 is 0 Å². The van der Waals surface area contributed by atoms with E-state index in [-0.39, 0.29) is 6.10 Å². The molecule has 13 heavy (non-hydrogen) atoms. The minimum Gasteiger partial charge on any atom is -0.410 e. The van der Waals surface area contributed by atoms with Gasteiger partial charge in [-0.2, -0.15) is 0 Å². The van der Waals surface area contributed by atoms with Crippen LogP contribution in [-0.4, -0.2) is 41.4 Å². The van der Waals surface area contributed by atoms with E-state index in [1.807, 2.05) is 0 Å². The van der Waals surface area contributed by atoms with Crippen molar-refractivity contribution in [2.45, 2.75) is 31.7 Å². The molecule has 1 saturated heterocycles. The lowest BCUT2D eigenvalue weighted by molar-refractivity contribution is -0.00431. The van der Waals surface area contributed by atoms with Gasteiger partial charge in [0.1, 0.15) is 0 Å². The fourth-order valence-corrected chi connectivity index (χ4v) is 3.78. The zero-order valence-corrected chi connectivity index (χ0v) is 9.84. The highest BCUT2D eigenvalue weighted by atomic mass is 28.4. The first kappa shape index (κ1) is 11.2. The zero-order chi connectivity index (χ0) is 9.73. The predicted molar refractivity (Wildman–Crippen MR) is 54.5 cm³/mol. The largest absolute Gasteiger partial charge is 0.410 e. The van der Waals surface area contributed by atoms with Gasteiger partial charge < -0.3 is 13.9 Å². The Bertz CT molecular complexity index is 150. The molecule has 1 unspecified atom stereocenters. The number of methoxy groups -OCH3 is 1. The molecule has 0 aromatic heterocycles. The lowest BCUT2D eigenvalue weighted by Crippen LogP contribution is -2.41. The molecule has 3 nitrogen and oxygen atoms in total. The third-order valence-electron chi connectivity index (χ3n) is 2.21. The van der Waals surface area contributed by atoms with Crippen LogP contribution in [0.2, 0.25) is 19.1 Å². The molecule has 78 valence electrons. The van der Waals surface area contributed by atoms with Crippen LogP contribution in [-0.2, 0) is 13.9 Å². The summed E-state index contributed by atoms with van der Waals surface area (Å²) in [6.07, 6.45) is 1.28. The van der Waals surface area contributed by atoms with E-state index in [4.69, 9.17) is 13.9 Å². The molecule has 1 aliphatic heterocycles. The van der Waals surface area contributed by atoms with Gasteiger partial charge in [-0.05, 0) is 25.6 Å². The standard InChI is InChI=1S/C9H20O3Si/c1-10-7-9-8-11-5-4-6-13(2,3)12-9/h9H,4-8H2,1-3H3. The van der Waals surface area contributed by atoms with Gasteiger partial charge in [0, 0.05) is 13.7 Å². The molecule has 0 aromatic carbocycles. The van der Waals surface area contributed by atoms with Crippen LogP contribution in [0.1, 0.15) is 6.42 Å². The Balaban J connectivity index is 2.43. The molecular formula is C9H20O3Si. The number of rotatable bonds is 2. The minimum absolute atomic E-state index is 0.145. The second-order valence-corrected chi connectivity index (χ2v) is 8.39. The molecule has 1 fully saturated rings. The third-order valence-corrected chi connectivity index (χ3v) is 4.74. The highest BCUT2D eigenvalue weighted by Gasteiger charge is 2.28. The van der Waals surface area contributed by atoms with Crippen LogP contribution in [0.15, 0.2) is 0 Å². The smallest absolute Gasteiger partial charge is 0.187 e. The van der Waals surface area contributed by atoms with Gasteiger partial charge in [0.25, 0.3) is 0 Å². The van der Waals surface area contributed by atoms with E-state index in [2.05, 4.69) is 13.1 Å². The number of ether oxygens (including phenoxy) is 2. The van der Waals surface area contributed by atoms with E-state index in [1.54, 1.807) is 7.11 Å². The molecule has 0 bridgehead atoms. The Labute approximate surface area is 81.5 Å². The van der Waals surface area contributed by atoms with Crippen molar-refractivity contribution in [3.63, 3.8) is 0 Å². The molecule has 0 aromatic rings. The lowest BCUT2D eigenvalue weighted by Gasteiger charge is -2.31. The Morgan fingerprint density at radius 1 is 1.46 bits per heavy atom. The second kappa shape index (κ2) is 5.10. The van der Waals surface area contributed by atoms with E-state index in [0.29, 0.717) is 13.2 Å². The molecule has 1 atom stereocenters. The quantitative estimate of drug-likeness (QED) is 0.640. The van der Waals surface area contributed by atoms with Crippen LogP contribution in [0.5, 0.6) is 0 Å². The van der Waals surface area contributed by atoms with Crippen molar-refractivity contribution >= 4 is 8.32 Å². The SMILES string of the molecule is COCC1COCCC[Si](C)(C)O1. The average Bonchev–Trinajstić information content (AvgIpc) is 2.00. The molecule has 0 spiro atoms. The Kier molecular flexibility index (Phi) is 4.38. The molecule has 0 aliphatic carbocycles. The highest BCUT2D eigenvalue weighted by molar-refractivity contribution is 6.71. The Morgan fingerprint density at radius 2 is 2.23 bits per heavy atom. The summed E-state index contributed by atoms with van der Waals surface area (Å²) < 4.78 is 16.5. The molecule has 0 radical (unpaired) electrons. The van der Waals surface area contributed by atoms with E-state index >= 15 is 0 Å². The average molecular weight is 204 g/mol. The maximum absolute atomic E-state index is 6.01. The molecule has 0 amide bonds. The fraction of sp³-hybridized carbons (Fsp3) is 1.00. The van der Waals surface area contributed by atoms with E-state index < -0.39 is 8.32 Å². The van der Waals surface area contributed by atoms with Gasteiger partial charge in [-0.25, -0.2) is 0 Å². The summed E-state index contributed by atoms with van der Waals surface area (Å²) in [4.78, 5) is 0. The van der Waals surface area contributed by atoms with Crippen molar-refractivity contribution in [2.24, 2.45) is 0 Å². The maximum atomic E-state index is 6.01. The predicted octanol–water partition coefficient (Wildman–Crippen LogP) is 1.64. The van der Waals surface area contributed by atoms with Crippen LogP contribution in [0.4, 0.5) is 0 Å². The fourth-order valence-electron chi connectivity index (χ4n) is 1.63. The highest BCUT2D eigenvalue weighted by Crippen LogP contribution is 2.18. The molecule has 4 heteroatoms. The van der Waals surface area contributed by atoms with E-state index in [9.17, 15) is 0 Å². The number of hydrogen-bond donors (Lipinski definition) is 0. The monoisotopic (exact) mass is 204 g/mol. The molecule has 1 aliphatic rings. The Morgan fingerprint density at radius 3 is 2.92 bits per heavy atom. The van der Waals surface area contributed by atoms with Gasteiger partial charge in [-0.1, -0.05) is 0 Å². The molecule has 0 N–H and O–H groups in total. The summed E-state index contributed by atoms with van der Waals surface area (Å²) in [6, 6.07) is 1.19. The van der Waals surface area contributed by atoms with Crippen LogP contribution in [0.3, 0.4) is 0 Å². The van der Waals surface area contributed by atoms with Gasteiger partial charge in [0.05, 0.1) is 19.3 Å². The van der Waals surface area contributed by atoms with Crippen molar-refractivity contribution in [1.82, 2.24) is 0 Å².